The molecular weight excluding hydrogens is 250 g/mol. The lowest BCUT2D eigenvalue weighted by Crippen LogP contribution is -2.49. The number of urea groups is 1. The van der Waals surface area contributed by atoms with Crippen molar-refractivity contribution in [2.45, 2.75) is 12.8 Å². The number of carbonyl (C=O) groups is 3. The Hall–Kier alpha value is -2.23. The minimum atomic E-state index is -1.21. The summed E-state index contributed by atoms with van der Waals surface area (Å²) in [6.45, 7) is -0.438. The van der Waals surface area contributed by atoms with Crippen LogP contribution in [0.5, 0.6) is 0 Å². The molecule has 0 heterocycles. The maximum atomic E-state index is 12.2. The van der Waals surface area contributed by atoms with Crippen molar-refractivity contribution in [2.75, 3.05) is 26.2 Å². The van der Waals surface area contributed by atoms with Gasteiger partial charge in [-0.15, -0.1) is 6.42 Å². The van der Waals surface area contributed by atoms with Crippen molar-refractivity contribution in [1.82, 2.24) is 9.80 Å². The predicted molar refractivity (Wildman–Crippen MR) is 66.9 cm³/mol. The molecule has 1 fully saturated rings. The summed E-state index contributed by atoms with van der Waals surface area (Å²) >= 11 is 0. The number of carboxylic acids is 1. The number of nitrogens with two attached hydrogens (primary N) is 1. The summed E-state index contributed by atoms with van der Waals surface area (Å²) < 4.78 is 0. The van der Waals surface area contributed by atoms with E-state index in [-0.39, 0.29) is 6.54 Å². The molecule has 1 aliphatic rings. The van der Waals surface area contributed by atoms with Crippen LogP contribution in [-0.4, -0.2) is 59.0 Å². The normalized spacial score (nSPS) is 13.4. The highest BCUT2D eigenvalue weighted by Gasteiger charge is 2.29. The van der Waals surface area contributed by atoms with E-state index in [0.29, 0.717) is 12.5 Å². The molecule has 19 heavy (non-hydrogen) atoms. The first-order valence-corrected chi connectivity index (χ1v) is 5.91. The fraction of sp³-hybridized carbons (Fsp3) is 0.583. The Morgan fingerprint density at radius 3 is 2.32 bits per heavy atom. The molecule has 104 valence electrons. The molecule has 0 aromatic rings. The molecule has 3 amide bonds. The topological polar surface area (TPSA) is 104 Å². The SMILES string of the molecule is C#CCN(CC1CC1)C(=O)N(CC(N)=O)CC(=O)O. The maximum Gasteiger partial charge on any atom is 0.323 e. The molecule has 0 radical (unpaired) electrons. The van der Waals surface area contributed by atoms with Crippen LogP contribution < -0.4 is 5.73 Å². The molecule has 7 heteroatoms. The van der Waals surface area contributed by atoms with Crippen LogP contribution in [0, 0.1) is 18.3 Å². The molecule has 0 aromatic carbocycles. The van der Waals surface area contributed by atoms with E-state index in [1.165, 1.54) is 4.90 Å². The lowest BCUT2D eigenvalue weighted by molar-refractivity contribution is -0.138. The van der Waals surface area contributed by atoms with Gasteiger partial charge in [0.2, 0.25) is 5.91 Å². The fourth-order valence-electron chi connectivity index (χ4n) is 1.68. The quantitative estimate of drug-likeness (QED) is 0.596. The van der Waals surface area contributed by atoms with Gasteiger partial charge >= 0.3 is 12.0 Å². The van der Waals surface area contributed by atoms with Crippen LogP contribution in [0.4, 0.5) is 4.79 Å². The van der Waals surface area contributed by atoms with Gasteiger partial charge in [0.25, 0.3) is 0 Å². The highest BCUT2D eigenvalue weighted by atomic mass is 16.4. The van der Waals surface area contributed by atoms with Crippen LogP contribution in [0.25, 0.3) is 0 Å². The van der Waals surface area contributed by atoms with Crippen molar-refractivity contribution in [3.63, 3.8) is 0 Å². The van der Waals surface area contributed by atoms with E-state index < -0.39 is 31.0 Å². The molecule has 0 aliphatic heterocycles. The number of terminal acetylenes is 1. The van der Waals surface area contributed by atoms with Gasteiger partial charge < -0.3 is 20.6 Å². The average Bonchev–Trinajstić information content (AvgIpc) is 3.09. The van der Waals surface area contributed by atoms with Crippen molar-refractivity contribution in [1.29, 1.82) is 0 Å². The highest BCUT2D eigenvalue weighted by molar-refractivity contribution is 5.86. The van der Waals surface area contributed by atoms with E-state index in [4.69, 9.17) is 17.3 Å². The zero-order valence-electron chi connectivity index (χ0n) is 10.5. The molecule has 0 aromatic heterocycles. The molecule has 7 nitrogen and oxygen atoms in total. The minimum absolute atomic E-state index is 0.0875. The van der Waals surface area contributed by atoms with Crippen molar-refractivity contribution in [3.8, 4) is 12.3 Å². The van der Waals surface area contributed by atoms with E-state index in [2.05, 4.69) is 5.92 Å². The summed E-state index contributed by atoms with van der Waals surface area (Å²) in [6.07, 6.45) is 7.26. The van der Waals surface area contributed by atoms with Crippen molar-refractivity contribution in [2.24, 2.45) is 11.7 Å². The van der Waals surface area contributed by atoms with Gasteiger partial charge in [-0.1, -0.05) is 5.92 Å². The van der Waals surface area contributed by atoms with Crippen LogP contribution in [0.15, 0.2) is 0 Å². The lowest BCUT2D eigenvalue weighted by atomic mass is 10.3. The predicted octanol–water partition coefficient (Wildman–Crippen LogP) is -0.676. The Bertz CT molecular complexity index is 396. The average molecular weight is 267 g/mol. The van der Waals surface area contributed by atoms with E-state index >= 15 is 0 Å². The first-order chi connectivity index (χ1) is 8.93. The zero-order chi connectivity index (χ0) is 14.4. The number of primary amides is 1. The van der Waals surface area contributed by atoms with Gasteiger partial charge in [-0.25, -0.2) is 4.79 Å². The third kappa shape index (κ3) is 5.29. The minimum Gasteiger partial charge on any atom is -0.480 e. The second kappa shape index (κ2) is 6.64. The third-order valence-corrected chi connectivity index (χ3v) is 2.67. The fourth-order valence-corrected chi connectivity index (χ4v) is 1.68. The largest absolute Gasteiger partial charge is 0.480 e. The molecule has 1 aliphatic carbocycles. The second-order valence-corrected chi connectivity index (χ2v) is 4.53. The summed E-state index contributed by atoms with van der Waals surface area (Å²) in [5.41, 5.74) is 5.01. The molecule has 0 saturated heterocycles. The second-order valence-electron chi connectivity index (χ2n) is 4.53. The van der Waals surface area contributed by atoms with Gasteiger partial charge in [-0.2, -0.15) is 0 Å². The molecule has 1 saturated carbocycles. The van der Waals surface area contributed by atoms with Crippen LogP contribution >= 0.6 is 0 Å². The van der Waals surface area contributed by atoms with E-state index in [9.17, 15) is 14.4 Å². The van der Waals surface area contributed by atoms with Gasteiger partial charge in [-0.3, -0.25) is 9.59 Å². The number of aliphatic carboxylic acids is 1. The van der Waals surface area contributed by atoms with E-state index in [1.807, 2.05) is 0 Å². The Labute approximate surface area is 111 Å². The highest BCUT2D eigenvalue weighted by Crippen LogP contribution is 2.29. The van der Waals surface area contributed by atoms with Gasteiger partial charge in [-0.05, 0) is 18.8 Å². The maximum absolute atomic E-state index is 12.2. The molecule has 0 spiro atoms. The van der Waals surface area contributed by atoms with E-state index in [1.54, 1.807) is 0 Å². The van der Waals surface area contributed by atoms with Crippen LogP contribution in [-0.2, 0) is 9.59 Å². The van der Waals surface area contributed by atoms with Gasteiger partial charge in [0.1, 0.15) is 13.1 Å². The first-order valence-electron chi connectivity index (χ1n) is 5.91. The summed E-state index contributed by atoms with van der Waals surface area (Å²) in [6, 6.07) is -0.564. The van der Waals surface area contributed by atoms with Crippen LogP contribution in [0.1, 0.15) is 12.8 Å². The van der Waals surface area contributed by atoms with Crippen LogP contribution in [0.2, 0.25) is 0 Å². The summed E-state index contributed by atoms with van der Waals surface area (Å²) in [5.74, 6) is 0.803. The number of rotatable bonds is 7. The first kappa shape index (κ1) is 14.8. The Balaban J connectivity index is 2.71. The lowest BCUT2D eigenvalue weighted by Gasteiger charge is -2.27. The molecule has 3 N–H and O–H groups in total. The Morgan fingerprint density at radius 2 is 1.89 bits per heavy atom. The van der Waals surface area contributed by atoms with Crippen molar-refractivity contribution < 1.29 is 19.5 Å². The summed E-state index contributed by atoms with van der Waals surface area (Å²) in [7, 11) is 0. The van der Waals surface area contributed by atoms with Crippen molar-refractivity contribution >= 4 is 17.9 Å². The Kier molecular flexibility index (Phi) is 5.18. The molecule has 0 unspecified atom stereocenters. The molecule has 1 rings (SSSR count). The van der Waals surface area contributed by atoms with Crippen LogP contribution in [0.3, 0.4) is 0 Å². The zero-order valence-corrected chi connectivity index (χ0v) is 10.5. The number of hydrogen-bond acceptors (Lipinski definition) is 3. The number of carbonyl (C=O) groups excluding carboxylic acids is 2. The number of carboxylic acid groups (broad SMARTS) is 1. The Morgan fingerprint density at radius 1 is 1.26 bits per heavy atom. The smallest absolute Gasteiger partial charge is 0.323 e. The number of hydrogen-bond donors (Lipinski definition) is 2. The molecular formula is C12H17N3O4. The number of amides is 3. The van der Waals surface area contributed by atoms with Gasteiger partial charge in [0, 0.05) is 6.54 Å². The van der Waals surface area contributed by atoms with E-state index in [0.717, 1.165) is 17.7 Å². The monoisotopic (exact) mass is 267 g/mol. The molecule has 0 atom stereocenters. The van der Waals surface area contributed by atoms with Crippen molar-refractivity contribution in [3.05, 3.63) is 0 Å². The van der Waals surface area contributed by atoms with Gasteiger partial charge in [0.15, 0.2) is 0 Å². The van der Waals surface area contributed by atoms with Gasteiger partial charge in [0.05, 0.1) is 6.54 Å². The third-order valence-electron chi connectivity index (χ3n) is 2.67. The standard InChI is InChI=1S/C12H17N3O4/c1-2-5-14(6-9-3-4-9)12(19)15(7-10(13)16)8-11(17)18/h1,9H,3-8H2,(H2,13,16)(H,17,18). The number of nitrogens with zero attached hydrogens (tertiary/aromatic N) is 2. The summed E-state index contributed by atoms with van der Waals surface area (Å²) in [5, 5.41) is 8.75. The summed E-state index contributed by atoms with van der Waals surface area (Å²) in [4.78, 5) is 36.0. The molecule has 0 bridgehead atoms.